The van der Waals surface area contributed by atoms with Gasteiger partial charge < -0.3 is 10.2 Å². The first-order valence-corrected chi connectivity index (χ1v) is 8.08. The van der Waals surface area contributed by atoms with Crippen molar-refractivity contribution in [2.75, 3.05) is 19.6 Å². The predicted octanol–water partition coefficient (Wildman–Crippen LogP) is 2.37. The van der Waals surface area contributed by atoms with E-state index in [1.54, 1.807) is 6.07 Å². The molecule has 2 amide bonds. The van der Waals surface area contributed by atoms with Crippen LogP contribution >= 0.6 is 11.3 Å². The number of amides is 2. The summed E-state index contributed by atoms with van der Waals surface area (Å²) in [6, 6.07) is 1.79. The zero-order valence-electron chi connectivity index (χ0n) is 12.1. The summed E-state index contributed by atoms with van der Waals surface area (Å²) >= 11 is 1.49. The summed E-state index contributed by atoms with van der Waals surface area (Å²) in [4.78, 5) is 25.8. The lowest BCUT2D eigenvalue weighted by Gasteiger charge is -2.35. The Balaban J connectivity index is 1.73. The average molecular weight is 294 g/mol. The molecule has 5 heteroatoms. The molecule has 110 valence electrons. The molecule has 0 aromatic carbocycles. The Morgan fingerprint density at radius 3 is 2.65 bits per heavy atom. The van der Waals surface area contributed by atoms with Crippen LogP contribution in [0.5, 0.6) is 0 Å². The van der Waals surface area contributed by atoms with Gasteiger partial charge >= 0.3 is 0 Å². The van der Waals surface area contributed by atoms with Crippen LogP contribution in [0, 0.1) is 11.8 Å². The maximum Gasteiger partial charge on any atom is 0.252 e. The minimum absolute atomic E-state index is 0.0977. The van der Waals surface area contributed by atoms with Gasteiger partial charge in [0.25, 0.3) is 5.91 Å². The van der Waals surface area contributed by atoms with E-state index < -0.39 is 0 Å². The second kappa shape index (κ2) is 6.88. The highest BCUT2D eigenvalue weighted by molar-refractivity contribution is 7.08. The van der Waals surface area contributed by atoms with Crippen LogP contribution in [-0.4, -0.2) is 36.3 Å². The largest absolute Gasteiger partial charge is 0.351 e. The molecule has 1 N–H and O–H groups in total. The Kier molecular flexibility index (Phi) is 5.17. The van der Waals surface area contributed by atoms with Crippen LogP contribution in [0.4, 0.5) is 0 Å². The van der Waals surface area contributed by atoms with E-state index in [1.165, 1.54) is 17.8 Å². The normalized spacial score (nSPS) is 22.6. The van der Waals surface area contributed by atoms with Crippen molar-refractivity contribution >= 4 is 23.2 Å². The number of nitrogens with one attached hydrogen (secondary N) is 1. The number of rotatable bonds is 4. The first kappa shape index (κ1) is 15.0. The lowest BCUT2D eigenvalue weighted by Crippen LogP contribution is -2.43. The Morgan fingerprint density at radius 2 is 2.05 bits per heavy atom. The second-order valence-electron chi connectivity index (χ2n) is 5.76. The molecule has 1 aromatic rings. The summed E-state index contributed by atoms with van der Waals surface area (Å²) in [5.74, 6) is 1.19. The summed E-state index contributed by atoms with van der Waals surface area (Å²) < 4.78 is 0. The highest BCUT2D eigenvalue weighted by Crippen LogP contribution is 2.21. The molecule has 4 nitrogen and oxygen atoms in total. The van der Waals surface area contributed by atoms with Gasteiger partial charge in [0.1, 0.15) is 0 Å². The number of carbonyl (C=O) groups excluding carboxylic acids is 2. The second-order valence-corrected chi connectivity index (χ2v) is 6.54. The minimum atomic E-state index is -0.0977. The number of hydrogen-bond acceptors (Lipinski definition) is 3. The lowest BCUT2D eigenvalue weighted by atomic mass is 9.92. The number of likely N-dealkylation sites (tertiary alicyclic amines) is 1. The van der Waals surface area contributed by atoms with E-state index in [9.17, 15) is 9.59 Å². The smallest absolute Gasteiger partial charge is 0.252 e. The van der Waals surface area contributed by atoms with Crippen LogP contribution < -0.4 is 5.32 Å². The van der Waals surface area contributed by atoms with Crippen LogP contribution in [0.15, 0.2) is 16.8 Å². The molecule has 0 spiro atoms. The quantitative estimate of drug-likeness (QED) is 0.927. The standard InChI is InChI=1S/C15H22N2O2S/c1-11-7-12(2)9-17(8-11)14(18)3-5-16-15(19)13-4-6-20-10-13/h4,6,10-12H,3,5,7-9H2,1-2H3,(H,16,19). The number of nitrogens with zero attached hydrogens (tertiary/aromatic N) is 1. The van der Waals surface area contributed by atoms with Gasteiger partial charge in [0.05, 0.1) is 0 Å². The van der Waals surface area contributed by atoms with Crippen LogP contribution in [0.3, 0.4) is 0 Å². The molecule has 1 aliphatic rings. The molecular formula is C15H22N2O2S. The van der Waals surface area contributed by atoms with Crippen molar-refractivity contribution in [1.82, 2.24) is 10.2 Å². The molecule has 2 atom stereocenters. The number of piperidine rings is 1. The number of carbonyl (C=O) groups is 2. The van der Waals surface area contributed by atoms with Crippen LogP contribution in [0.1, 0.15) is 37.0 Å². The van der Waals surface area contributed by atoms with E-state index in [0.29, 0.717) is 30.4 Å². The van der Waals surface area contributed by atoms with Crippen molar-refractivity contribution in [1.29, 1.82) is 0 Å². The van der Waals surface area contributed by atoms with Gasteiger partial charge in [0.2, 0.25) is 5.91 Å². The third-order valence-corrected chi connectivity index (χ3v) is 4.31. The van der Waals surface area contributed by atoms with Gasteiger partial charge in [-0.05, 0) is 29.7 Å². The van der Waals surface area contributed by atoms with Gasteiger partial charge in [0.15, 0.2) is 0 Å². The highest BCUT2D eigenvalue weighted by atomic mass is 32.1. The van der Waals surface area contributed by atoms with Crippen LogP contribution in [0.2, 0.25) is 0 Å². The van der Waals surface area contributed by atoms with E-state index in [2.05, 4.69) is 19.2 Å². The Bertz CT molecular complexity index is 448. The molecule has 1 aromatic heterocycles. The van der Waals surface area contributed by atoms with Crippen LogP contribution in [-0.2, 0) is 4.79 Å². The molecular weight excluding hydrogens is 272 g/mol. The third-order valence-electron chi connectivity index (χ3n) is 3.63. The van der Waals surface area contributed by atoms with E-state index >= 15 is 0 Å². The Hall–Kier alpha value is -1.36. The Morgan fingerprint density at radius 1 is 1.35 bits per heavy atom. The summed E-state index contributed by atoms with van der Waals surface area (Å²) in [6.45, 7) is 6.48. The zero-order chi connectivity index (χ0) is 14.5. The molecule has 0 aliphatic carbocycles. The van der Waals surface area contributed by atoms with Gasteiger partial charge in [-0.2, -0.15) is 11.3 Å². The molecule has 1 saturated heterocycles. The maximum atomic E-state index is 12.1. The zero-order valence-corrected chi connectivity index (χ0v) is 12.9. The fourth-order valence-electron chi connectivity index (χ4n) is 2.80. The minimum Gasteiger partial charge on any atom is -0.351 e. The van der Waals surface area contributed by atoms with E-state index in [0.717, 1.165) is 13.1 Å². The predicted molar refractivity (Wildman–Crippen MR) is 80.8 cm³/mol. The summed E-state index contributed by atoms with van der Waals surface area (Å²) in [5.41, 5.74) is 0.669. The van der Waals surface area contributed by atoms with Crippen molar-refractivity contribution in [2.24, 2.45) is 11.8 Å². The molecule has 0 radical (unpaired) electrons. The fourth-order valence-corrected chi connectivity index (χ4v) is 3.44. The lowest BCUT2D eigenvalue weighted by molar-refractivity contribution is -0.133. The average Bonchev–Trinajstić information content (AvgIpc) is 2.91. The molecule has 20 heavy (non-hydrogen) atoms. The Labute approximate surface area is 124 Å². The van der Waals surface area contributed by atoms with E-state index in [-0.39, 0.29) is 11.8 Å². The SMILES string of the molecule is CC1CC(C)CN(C(=O)CCNC(=O)c2ccsc2)C1. The highest BCUT2D eigenvalue weighted by Gasteiger charge is 2.24. The van der Waals surface area contributed by atoms with Gasteiger partial charge in [0, 0.05) is 37.0 Å². The van der Waals surface area contributed by atoms with Gasteiger partial charge in [-0.25, -0.2) is 0 Å². The van der Waals surface area contributed by atoms with Crippen molar-refractivity contribution in [3.63, 3.8) is 0 Å². The fraction of sp³-hybridized carbons (Fsp3) is 0.600. The van der Waals surface area contributed by atoms with Crippen molar-refractivity contribution in [3.8, 4) is 0 Å². The molecule has 2 unspecified atom stereocenters. The van der Waals surface area contributed by atoms with Crippen molar-refractivity contribution in [3.05, 3.63) is 22.4 Å². The van der Waals surface area contributed by atoms with Gasteiger partial charge in [-0.1, -0.05) is 13.8 Å². The van der Waals surface area contributed by atoms with Crippen molar-refractivity contribution < 1.29 is 9.59 Å². The molecule has 0 bridgehead atoms. The molecule has 0 saturated carbocycles. The summed E-state index contributed by atoms with van der Waals surface area (Å²) in [5, 5.41) is 6.48. The molecule has 1 fully saturated rings. The molecule has 2 heterocycles. The molecule has 1 aliphatic heterocycles. The van der Waals surface area contributed by atoms with Crippen LogP contribution in [0.25, 0.3) is 0 Å². The maximum absolute atomic E-state index is 12.1. The third kappa shape index (κ3) is 4.07. The van der Waals surface area contributed by atoms with E-state index in [4.69, 9.17) is 0 Å². The topological polar surface area (TPSA) is 49.4 Å². The monoisotopic (exact) mass is 294 g/mol. The van der Waals surface area contributed by atoms with Crippen molar-refractivity contribution in [2.45, 2.75) is 26.7 Å². The summed E-state index contributed by atoms with van der Waals surface area (Å²) in [7, 11) is 0. The summed E-state index contributed by atoms with van der Waals surface area (Å²) in [6.07, 6.45) is 1.58. The van der Waals surface area contributed by atoms with E-state index in [1.807, 2.05) is 15.7 Å². The van der Waals surface area contributed by atoms with Gasteiger partial charge in [-0.3, -0.25) is 9.59 Å². The molecule has 2 rings (SSSR count). The van der Waals surface area contributed by atoms with Gasteiger partial charge in [-0.15, -0.1) is 0 Å². The number of hydrogen-bond donors (Lipinski definition) is 1. The number of thiophene rings is 1. The first-order valence-electron chi connectivity index (χ1n) is 7.14. The first-order chi connectivity index (χ1) is 9.56.